The van der Waals surface area contributed by atoms with Crippen LogP contribution >= 0.6 is 0 Å². The lowest BCUT2D eigenvalue weighted by Crippen LogP contribution is -2.59. The van der Waals surface area contributed by atoms with Crippen LogP contribution in [0.5, 0.6) is 0 Å². The Morgan fingerprint density at radius 2 is 1.81 bits per heavy atom. The largest absolute Gasteiger partial charge is 0.342 e. The van der Waals surface area contributed by atoms with Gasteiger partial charge in [0.05, 0.1) is 4.90 Å². The maximum atomic E-state index is 12.5. The second-order valence-corrected chi connectivity index (χ2v) is 7.44. The number of hydrogen-bond donors (Lipinski definition) is 0. The number of quaternary nitrogens is 1. The first kappa shape index (κ1) is 16.1. The fraction of sp³-hybridized carbons (Fsp3) is 0.533. The number of carbonyl (C=O) groups excluding carboxylic acids is 1. The van der Waals surface area contributed by atoms with Gasteiger partial charge in [-0.05, 0) is 32.9 Å². The topological polar surface area (TPSA) is 60.4 Å². The van der Waals surface area contributed by atoms with Gasteiger partial charge in [-0.3, -0.25) is 4.79 Å². The molecule has 0 N–H and O–H groups in total. The second kappa shape index (κ2) is 5.87. The Morgan fingerprint density at radius 1 is 1.19 bits per heavy atom. The Labute approximate surface area is 126 Å². The van der Waals surface area contributed by atoms with Gasteiger partial charge in [-0.15, -0.1) is 0 Å². The van der Waals surface area contributed by atoms with E-state index in [9.17, 15) is 13.2 Å². The van der Waals surface area contributed by atoms with Crippen molar-refractivity contribution >= 4 is 15.9 Å². The van der Waals surface area contributed by atoms with Crippen LogP contribution < -0.4 is 0 Å². The van der Waals surface area contributed by atoms with Crippen molar-refractivity contribution in [3.05, 3.63) is 29.8 Å². The van der Waals surface area contributed by atoms with E-state index in [1.807, 2.05) is 20.8 Å². The van der Waals surface area contributed by atoms with Gasteiger partial charge in [0, 0.05) is 12.8 Å². The SMILES string of the molecule is Cc1ccc(S(=O)(=O)O[N+]2(C(C)C)CCCC(=O)C2)cc1. The zero-order valence-electron chi connectivity index (χ0n) is 12.7. The van der Waals surface area contributed by atoms with E-state index in [4.69, 9.17) is 4.28 Å². The zero-order chi connectivity index (χ0) is 15.7. The molecule has 1 aromatic carbocycles. The van der Waals surface area contributed by atoms with E-state index in [-0.39, 0.29) is 27.9 Å². The highest BCUT2D eigenvalue weighted by Crippen LogP contribution is 2.27. The monoisotopic (exact) mass is 312 g/mol. The quantitative estimate of drug-likeness (QED) is 0.800. The number of aryl methyl sites for hydroxylation is 1. The maximum absolute atomic E-state index is 12.5. The highest BCUT2D eigenvalue weighted by molar-refractivity contribution is 7.86. The Morgan fingerprint density at radius 3 is 2.33 bits per heavy atom. The molecule has 0 bridgehead atoms. The molecule has 6 heteroatoms. The van der Waals surface area contributed by atoms with Gasteiger partial charge in [0.1, 0.15) is 12.6 Å². The molecule has 1 saturated heterocycles. The Kier molecular flexibility index (Phi) is 4.51. The van der Waals surface area contributed by atoms with Crippen LogP contribution in [0, 0.1) is 6.92 Å². The molecular formula is C15H22NO4S+. The van der Waals surface area contributed by atoms with E-state index in [2.05, 4.69) is 0 Å². The second-order valence-electron chi connectivity index (χ2n) is 5.91. The Hall–Kier alpha value is -1.24. The van der Waals surface area contributed by atoms with Crippen molar-refractivity contribution in [3.8, 4) is 0 Å². The first-order valence-electron chi connectivity index (χ1n) is 7.16. The number of benzene rings is 1. The molecule has 1 heterocycles. The van der Waals surface area contributed by atoms with Crippen LogP contribution in [0.2, 0.25) is 0 Å². The number of rotatable bonds is 4. The van der Waals surface area contributed by atoms with Crippen LogP contribution in [0.3, 0.4) is 0 Å². The predicted molar refractivity (Wildman–Crippen MR) is 78.8 cm³/mol. The van der Waals surface area contributed by atoms with Crippen molar-refractivity contribution in [2.24, 2.45) is 0 Å². The number of carbonyl (C=O) groups is 1. The molecule has 1 aromatic rings. The van der Waals surface area contributed by atoms with Crippen LogP contribution in [-0.4, -0.2) is 38.0 Å². The summed E-state index contributed by atoms with van der Waals surface area (Å²) < 4.78 is 30.3. The third-order valence-corrected chi connectivity index (χ3v) is 5.28. The first-order chi connectivity index (χ1) is 9.75. The van der Waals surface area contributed by atoms with Gasteiger partial charge in [-0.2, -0.15) is 13.1 Å². The van der Waals surface area contributed by atoms with E-state index in [0.717, 1.165) is 5.56 Å². The summed E-state index contributed by atoms with van der Waals surface area (Å²) in [5.41, 5.74) is 0.981. The van der Waals surface area contributed by atoms with Crippen LogP contribution in [0.4, 0.5) is 0 Å². The maximum Gasteiger partial charge on any atom is 0.342 e. The lowest BCUT2D eigenvalue weighted by molar-refractivity contribution is -1.09. The molecule has 5 nitrogen and oxygen atoms in total. The number of piperidine rings is 1. The lowest BCUT2D eigenvalue weighted by Gasteiger charge is -2.39. The smallest absolute Gasteiger partial charge is 0.293 e. The summed E-state index contributed by atoms with van der Waals surface area (Å²) in [5, 5.41) is 0. The average molecular weight is 312 g/mol. The van der Waals surface area contributed by atoms with E-state index in [1.54, 1.807) is 12.1 Å². The summed E-state index contributed by atoms with van der Waals surface area (Å²) in [7, 11) is -3.88. The summed E-state index contributed by atoms with van der Waals surface area (Å²) >= 11 is 0. The minimum Gasteiger partial charge on any atom is -0.293 e. The van der Waals surface area contributed by atoms with E-state index in [0.29, 0.717) is 19.4 Å². The van der Waals surface area contributed by atoms with Gasteiger partial charge in [-0.1, -0.05) is 22.0 Å². The van der Waals surface area contributed by atoms with Crippen molar-refractivity contribution in [3.63, 3.8) is 0 Å². The standard InChI is InChI=1S/C15H22NO4S/c1-12(2)16(10-4-5-14(17)11-16)20-21(18,19)15-8-6-13(3)7-9-15/h6-9,12H,4-5,10-11H2,1-3H3/q+1. The molecular weight excluding hydrogens is 290 g/mol. The van der Waals surface area contributed by atoms with Gasteiger partial charge < -0.3 is 0 Å². The number of likely N-dealkylation sites (tertiary alicyclic amines) is 1. The van der Waals surface area contributed by atoms with Crippen LogP contribution in [0.15, 0.2) is 29.2 Å². The van der Waals surface area contributed by atoms with Crippen molar-refractivity contribution in [2.75, 3.05) is 13.1 Å². The summed E-state index contributed by atoms with van der Waals surface area (Å²) in [4.78, 5) is 11.9. The van der Waals surface area contributed by atoms with Gasteiger partial charge in [0.15, 0.2) is 12.3 Å². The lowest BCUT2D eigenvalue weighted by atomic mass is 10.1. The fourth-order valence-corrected chi connectivity index (χ4v) is 3.78. The minimum atomic E-state index is -3.88. The van der Waals surface area contributed by atoms with Gasteiger partial charge >= 0.3 is 10.1 Å². The number of nitrogens with zero attached hydrogens (tertiary/aromatic N) is 1. The summed E-state index contributed by atoms with van der Waals surface area (Å²) in [6.07, 6.45) is 1.15. The van der Waals surface area contributed by atoms with Crippen molar-refractivity contribution < 1.29 is 22.1 Å². The van der Waals surface area contributed by atoms with Crippen molar-refractivity contribution in [2.45, 2.75) is 44.6 Å². The number of Topliss-reactive ketones (excluding diaryl/α,β-unsaturated/α-hetero) is 1. The molecule has 0 aromatic heterocycles. The molecule has 21 heavy (non-hydrogen) atoms. The molecule has 0 aliphatic carbocycles. The molecule has 0 saturated carbocycles. The third-order valence-electron chi connectivity index (χ3n) is 3.93. The molecule has 0 spiro atoms. The third kappa shape index (κ3) is 3.51. The number of hydrogen-bond acceptors (Lipinski definition) is 4. The summed E-state index contributed by atoms with van der Waals surface area (Å²) in [6, 6.07) is 6.43. The van der Waals surface area contributed by atoms with Crippen molar-refractivity contribution in [1.82, 2.24) is 0 Å². The number of ketones is 1. The zero-order valence-corrected chi connectivity index (χ0v) is 13.5. The average Bonchev–Trinajstić information content (AvgIpc) is 2.38. The fourth-order valence-electron chi connectivity index (χ4n) is 2.53. The molecule has 1 atom stereocenters. The van der Waals surface area contributed by atoms with Crippen LogP contribution in [0.1, 0.15) is 32.3 Å². The van der Waals surface area contributed by atoms with E-state index < -0.39 is 10.1 Å². The molecule has 1 aliphatic rings. The van der Waals surface area contributed by atoms with E-state index >= 15 is 0 Å². The van der Waals surface area contributed by atoms with Crippen molar-refractivity contribution in [1.29, 1.82) is 0 Å². The molecule has 116 valence electrons. The van der Waals surface area contributed by atoms with Gasteiger partial charge in [0.2, 0.25) is 0 Å². The van der Waals surface area contributed by atoms with Crippen LogP contribution in [0.25, 0.3) is 0 Å². The summed E-state index contributed by atoms with van der Waals surface area (Å²) in [5.74, 6) is 0.0501. The minimum absolute atomic E-state index is 0.0501. The predicted octanol–water partition coefficient (Wildman–Crippen LogP) is 2.20. The number of hydroxylamine groups is 3. The highest BCUT2D eigenvalue weighted by atomic mass is 32.2. The first-order valence-corrected chi connectivity index (χ1v) is 8.57. The molecule has 1 fully saturated rings. The Balaban J connectivity index is 2.31. The summed E-state index contributed by atoms with van der Waals surface area (Å²) in [6.45, 7) is 6.30. The normalized spacial score (nSPS) is 23.5. The van der Waals surface area contributed by atoms with Gasteiger partial charge in [0.25, 0.3) is 0 Å². The molecule has 0 amide bonds. The molecule has 1 aliphatic heterocycles. The van der Waals surface area contributed by atoms with E-state index in [1.165, 1.54) is 12.1 Å². The van der Waals surface area contributed by atoms with Gasteiger partial charge in [-0.25, -0.2) is 0 Å². The highest BCUT2D eigenvalue weighted by Gasteiger charge is 2.44. The molecule has 1 unspecified atom stereocenters. The molecule has 0 radical (unpaired) electrons. The Bertz CT molecular complexity index is 622. The molecule has 2 rings (SSSR count). The van der Waals surface area contributed by atoms with Crippen LogP contribution in [-0.2, 0) is 19.2 Å².